The van der Waals surface area contributed by atoms with Crippen molar-refractivity contribution in [3.63, 3.8) is 0 Å². The third kappa shape index (κ3) is 4.20. The molecule has 15 heavy (non-hydrogen) atoms. The van der Waals surface area contributed by atoms with Crippen molar-refractivity contribution >= 4 is 5.91 Å². The number of carbonyl (C=O) groups excluding carboxylic acids is 1. The summed E-state index contributed by atoms with van der Waals surface area (Å²) in [5, 5.41) is 9.13. The molecule has 1 fully saturated rings. The van der Waals surface area contributed by atoms with Crippen molar-refractivity contribution in [1.82, 2.24) is 4.90 Å². The lowest BCUT2D eigenvalue weighted by molar-refractivity contribution is -0.134. The number of piperidine rings is 1. The maximum Gasteiger partial charge on any atom is 0.222 e. The van der Waals surface area contributed by atoms with E-state index in [2.05, 4.69) is 13.8 Å². The molecule has 1 N–H and O–H groups in total. The monoisotopic (exact) mass is 213 g/mol. The molecule has 1 aliphatic rings. The minimum absolute atomic E-state index is 0.203. The first-order chi connectivity index (χ1) is 6.99. The van der Waals surface area contributed by atoms with Gasteiger partial charge in [-0.05, 0) is 31.6 Å². The summed E-state index contributed by atoms with van der Waals surface area (Å²) in [5.41, 5.74) is 0. The first-order valence-corrected chi connectivity index (χ1v) is 5.95. The lowest BCUT2D eigenvalue weighted by Gasteiger charge is -2.35. The second-order valence-corrected chi connectivity index (χ2v) is 5.13. The zero-order valence-corrected chi connectivity index (χ0v) is 10.1. The van der Waals surface area contributed by atoms with Gasteiger partial charge in [-0.3, -0.25) is 4.79 Å². The molecule has 0 saturated carbocycles. The first-order valence-electron chi connectivity index (χ1n) is 5.95. The molecule has 0 radical (unpaired) electrons. The third-order valence-corrected chi connectivity index (χ3v) is 3.00. The summed E-state index contributed by atoms with van der Waals surface area (Å²) >= 11 is 0. The van der Waals surface area contributed by atoms with E-state index in [0.717, 1.165) is 13.1 Å². The Balaban J connectivity index is 2.38. The van der Waals surface area contributed by atoms with Crippen LogP contribution in [0.5, 0.6) is 0 Å². The Bertz CT molecular complexity index is 206. The highest BCUT2D eigenvalue weighted by Gasteiger charge is 2.24. The standard InChI is InChI=1S/C12H23NO2/c1-9-6-10(2)8-13(7-9)12(15)5-4-11(3)14/h9-11,14H,4-8H2,1-3H3. The fourth-order valence-corrected chi connectivity index (χ4v) is 2.36. The molecule has 0 aromatic carbocycles. The molecule has 1 aliphatic heterocycles. The zero-order valence-electron chi connectivity index (χ0n) is 10.1. The maximum atomic E-state index is 11.8. The maximum absolute atomic E-state index is 11.8. The smallest absolute Gasteiger partial charge is 0.222 e. The van der Waals surface area contributed by atoms with E-state index in [1.54, 1.807) is 6.92 Å². The molecule has 1 rings (SSSR count). The zero-order chi connectivity index (χ0) is 11.4. The van der Waals surface area contributed by atoms with E-state index in [-0.39, 0.29) is 12.0 Å². The topological polar surface area (TPSA) is 40.5 Å². The van der Waals surface area contributed by atoms with Crippen LogP contribution in [0.1, 0.15) is 40.0 Å². The molecule has 1 saturated heterocycles. The number of carbonyl (C=O) groups is 1. The SMILES string of the molecule is CC(O)CCC(=O)N1CC(C)CC(C)C1. The summed E-state index contributed by atoms with van der Waals surface area (Å²) in [6, 6.07) is 0. The van der Waals surface area contributed by atoms with E-state index >= 15 is 0 Å². The van der Waals surface area contributed by atoms with Gasteiger partial charge in [-0.2, -0.15) is 0 Å². The van der Waals surface area contributed by atoms with E-state index in [1.807, 2.05) is 4.90 Å². The molecule has 0 bridgehead atoms. The Morgan fingerprint density at radius 1 is 1.40 bits per heavy atom. The van der Waals surface area contributed by atoms with Crippen LogP contribution in [0.15, 0.2) is 0 Å². The van der Waals surface area contributed by atoms with Gasteiger partial charge in [-0.1, -0.05) is 13.8 Å². The Morgan fingerprint density at radius 3 is 2.40 bits per heavy atom. The van der Waals surface area contributed by atoms with Crippen LogP contribution in [0.2, 0.25) is 0 Å². The number of likely N-dealkylation sites (tertiary alicyclic amines) is 1. The highest BCUT2D eigenvalue weighted by Crippen LogP contribution is 2.21. The number of aliphatic hydroxyl groups is 1. The molecule has 0 aromatic rings. The van der Waals surface area contributed by atoms with Crippen molar-refractivity contribution in [1.29, 1.82) is 0 Å². The van der Waals surface area contributed by atoms with Crippen LogP contribution in [0.3, 0.4) is 0 Å². The van der Waals surface area contributed by atoms with Gasteiger partial charge in [0.15, 0.2) is 0 Å². The molecule has 1 amide bonds. The normalized spacial score (nSPS) is 28.9. The Morgan fingerprint density at radius 2 is 1.93 bits per heavy atom. The number of rotatable bonds is 3. The third-order valence-electron chi connectivity index (χ3n) is 3.00. The number of nitrogens with zero attached hydrogens (tertiary/aromatic N) is 1. The van der Waals surface area contributed by atoms with Crippen molar-refractivity contribution in [2.75, 3.05) is 13.1 Å². The number of aliphatic hydroxyl groups excluding tert-OH is 1. The first kappa shape index (κ1) is 12.5. The van der Waals surface area contributed by atoms with Gasteiger partial charge in [0.1, 0.15) is 0 Å². The Hall–Kier alpha value is -0.570. The molecule has 88 valence electrons. The number of hydrogen-bond acceptors (Lipinski definition) is 2. The minimum atomic E-state index is -0.367. The molecule has 3 heteroatoms. The van der Waals surface area contributed by atoms with E-state index in [9.17, 15) is 4.79 Å². The van der Waals surface area contributed by atoms with Crippen LogP contribution in [0, 0.1) is 11.8 Å². The van der Waals surface area contributed by atoms with E-state index in [1.165, 1.54) is 6.42 Å². The molecular weight excluding hydrogens is 190 g/mol. The van der Waals surface area contributed by atoms with Crippen LogP contribution >= 0.6 is 0 Å². The van der Waals surface area contributed by atoms with E-state index in [4.69, 9.17) is 5.11 Å². The molecule has 0 aliphatic carbocycles. The van der Waals surface area contributed by atoms with Gasteiger partial charge in [0.2, 0.25) is 5.91 Å². The second kappa shape index (κ2) is 5.50. The van der Waals surface area contributed by atoms with Crippen molar-refractivity contribution in [3.8, 4) is 0 Å². The number of hydrogen-bond donors (Lipinski definition) is 1. The van der Waals surface area contributed by atoms with Gasteiger partial charge in [0, 0.05) is 19.5 Å². The minimum Gasteiger partial charge on any atom is -0.393 e. The molecule has 1 heterocycles. The quantitative estimate of drug-likeness (QED) is 0.774. The van der Waals surface area contributed by atoms with Crippen LogP contribution in [0.4, 0.5) is 0 Å². The van der Waals surface area contributed by atoms with Crippen molar-refractivity contribution in [3.05, 3.63) is 0 Å². The molecular formula is C12H23NO2. The summed E-state index contributed by atoms with van der Waals surface area (Å²) in [6.07, 6.45) is 1.92. The average Bonchev–Trinajstić information content (AvgIpc) is 2.12. The fraction of sp³-hybridized carbons (Fsp3) is 0.917. The summed E-state index contributed by atoms with van der Waals surface area (Å²) in [7, 11) is 0. The highest BCUT2D eigenvalue weighted by molar-refractivity contribution is 5.76. The molecule has 0 aromatic heterocycles. The van der Waals surface area contributed by atoms with Gasteiger partial charge in [-0.15, -0.1) is 0 Å². The average molecular weight is 213 g/mol. The van der Waals surface area contributed by atoms with Crippen molar-refractivity contribution in [2.45, 2.75) is 46.1 Å². The summed E-state index contributed by atoms with van der Waals surface area (Å²) in [6.45, 7) is 7.91. The molecule has 3 nitrogen and oxygen atoms in total. The van der Waals surface area contributed by atoms with Crippen LogP contribution in [-0.4, -0.2) is 35.1 Å². The van der Waals surface area contributed by atoms with Crippen LogP contribution in [-0.2, 0) is 4.79 Å². The van der Waals surface area contributed by atoms with Gasteiger partial charge in [0.25, 0.3) is 0 Å². The number of amides is 1. The predicted octanol–water partition coefficient (Wildman–Crippen LogP) is 1.65. The summed E-state index contributed by atoms with van der Waals surface area (Å²) in [4.78, 5) is 13.8. The van der Waals surface area contributed by atoms with Crippen molar-refractivity contribution in [2.24, 2.45) is 11.8 Å². The highest BCUT2D eigenvalue weighted by atomic mass is 16.3. The summed E-state index contributed by atoms with van der Waals surface area (Å²) in [5.74, 6) is 1.43. The van der Waals surface area contributed by atoms with Crippen molar-refractivity contribution < 1.29 is 9.90 Å². The van der Waals surface area contributed by atoms with Gasteiger partial charge >= 0.3 is 0 Å². The summed E-state index contributed by atoms with van der Waals surface area (Å²) < 4.78 is 0. The molecule has 3 atom stereocenters. The Labute approximate surface area is 92.5 Å². The largest absolute Gasteiger partial charge is 0.393 e. The lowest BCUT2D eigenvalue weighted by atomic mass is 9.91. The predicted molar refractivity (Wildman–Crippen MR) is 60.4 cm³/mol. The van der Waals surface area contributed by atoms with E-state index < -0.39 is 0 Å². The Kier molecular flexibility index (Phi) is 4.58. The molecule has 0 spiro atoms. The second-order valence-electron chi connectivity index (χ2n) is 5.13. The lowest BCUT2D eigenvalue weighted by Crippen LogP contribution is -2.42. The molecule has 3 unspecified atom stereocenters. The van der Waals surface area contributed by atoms with Gasteiger partial charge in [0.05, 0.1) is 6.10 Å². The van der Waals surface area contributed by atoms with Crippen LogP contribution in [0.25, 0.3) is 0 Å². The van der Waals surface area contributed by atoms with Gasteiger partial charge < -0.3 is 10.0 Å². The fourth-order valence-electron chi connectivity index (χ4n) is 2.36. The van der Waals surface area contributed by atoms with E-state index in [0.29, 0.717) is 24.7 Å². The van der Waals surface area contributed by atoms with Gasteiger partial charge in [-0.25, -0.2) is 0 Å². The van der Waals surface area contributed by atoms with Crippen LogP contribution < -0.4 is 0 Å².